The maximum absolute atomic E-state index is 13.6. The number of ether oxygens (including phenoxy) is 1. The highest BCUT2D eigenvalue weighted by Gasteiger charge is 2.43. The Morgan fingerprint density at radius 2 is 1.76 bits per heavy atom. The van der Waals surface area contributed by atoms with Crippen LogP contribution in [0.15, 0.2) is 30.3 Å². The van der Waals surface area contributed by atoms with Gasteiger partial charge in [0.2, 0.25) is 5.91 Å². The largest absolute Gasteiger partial charge is 0.458 e. The Bertz CT molecular complexity index is 902. The lowest BCUT2D eigenvalue weighted by Crippen LogP contribution is -2.62. The second-order valence-electron chi connectivity index (χ2n) is 9.82. The molecule has 2 aliphatic rings. The average Bonchev–Trinajstić information content (AvgIpc) is 2.91. The number of rotatable bonds is 6. The zero-order valence-corrected chi connectivity index (χ0v) is 21.2. The van der Waals surface area contributed by atoms with E-state index in [1.165, 1.54) is 11.9 Å². The van der Waals surface area contributed by atoms with Gasteiger partial charge in [0.1, 0.15) is 17.7 Å². The van der Waals surface area contributed by atoms with Gasteiger partial charge in [-0.05, 0) is 58.4 Å². The van der Waals surface area contributed by atoms with Crippen LogP contribution in [0.4, 0.5) is 0 Å². The van der Waals surface area contributed by atoms with Gasteiger partial charge in [-0.15, -0.1) is 0 Å². The summed E-state index contributed by atoms with van der Waals surface area (Å²) in [6, 6.07) is 8.03. The van der Waals surface area contributed by atoms with Crippen LogP contribution in [-0.2, 0) is 30.3 Å². The number of nitrogens with one attached hydrogen (secondary N) is 1. The van der Waals surface area contributed by atoms with Crippen LogP contribution >= 0.6 is 11.8 Å². The van der Waals surface area contributed by atoms with Crippen molar-refractivity contribution in [2.75, 3.05) is 13.1 Å². The van der Waals surface area contributed by atoms with Crippen LogP contribution in [0.3, 0.4) is 0 Å². The number of amides is 2. The van der Waals surface area contributed by atoms with E-state index in [1.807, 2.05) is 35.3 Å². The summed E-state index contributed by atoms with van der Waals surface area (Å²) in [7, 11) is 0. The summed E-state index contributed by atoms with van der Waals surface area (Å²) in [4.78, 5) is 51.5. The first-order valence-corrected chi connectivity index (χ1v) is 12.8. The van der Waals surface area contributed by atoms with Crippen LogP contribution in [0.1, 0.15) is 58.9 Å². The molecule has 0 radical (unpaired) electrons. The van der Waals surface area contributed by atoms with Crippen LogP contribution in [0.2, 0.25) is 0 Å². The van der Waals surface area contributed by atoms with Gasteiger partial charge in [0.15, 0.2) is 5.12 Å². The maximum atomic E-state index is 13.6. The smallest absolute Gasteiger partial charge is 0.331 e. The van der Waals surface area contributed by atoms with Gasteiger partial charge in [0.25, 0.3) is 5.91 Å². The highest BCUT2D eigenvalue weighted by molar-refractivity contribution is 8.14. The molecular weight excluding hydrogens is 454 g/mol. The van der Waals surface area contributed by atoms with Crippen molar-refractivity contribution in [1.82, 2.24) is 15.3 Å². The molecule has 0 bridgehead atoms. The molecule has 3 atom stereocenters. The lowest BCUT2D eigenvalue weighted by Gasteiger charge is -2.43. The number of nitrogens with zero attached hydrogens (tertiary/aromatic N) is 2. The van der Waals surface area contributed by atoms with Crippen LogP contribution in [0.5, 0.6) is 0 Å². The molecule has 186 valence electrons. The number of benzene rings is 1. The Labute approximate surface area is 205 Å². The van der Waals surface area contributed by atoms with Gasteiger partial charge >= 0.3 is 5.97 Å². The van der Waals surface area contributed by atoms with Gasteiger partial charge in [0, 0.05) is 20.0 Å². The predicted octanol–water partition coefficient (Wildman–Crippen LogP) is 2.71. The molecule has 9 heteroatoms. The van der Waals surface area contributed by atoms with E-state index in [-0.39, 0.29) is 16.9 Å². The molecule has 8 nitrogen and oxygen atoms in total. The Kier molecular flexibility index (Phi) is 8.76. The van der Waals surface area contributed by atoms with Crippen molar-refractivity contribution in [2.24, 2.45) is 0 Å². The lowest BCUT2D eigenvalue weighted by atomic mass is 10.1. The Hall–Kier alpha value is -2.39. The number of hydrazine groups is 1. The van der Waals surface area contributed by atoms with Gasteiger partial charge in [-0.1, -0.05) is 42.1 Å². The third-order valence-electron chi connectivity index (χ3n) is 5.79. The normalized spacial score (nSPS) is 22.4. The highest BCUT2D eigenvalue weighted by atomic mass is 32.2. The summed E-state index contributed by atoms with van der Waals surface area (Å²) in [5.41, 5.74) is 0.284. The number of carbonyl (C=O) groups excluding carboxylic acids is 4. The number of thioether (sulfide) groups is 1. The number of carbonyl (C=O) groups is 4. The molecule has 34 heavy (non-hydrogen) atoms. The molecule has 0 saturated carbocycles. The second kappa shape index (κ2) is 11.4. The molecule has 1 aromatic carbocycles. The molecule has 2 heterocycles. The summed E-state index contributed by atoms with van der Waals surface area (Å²) in [6.45, 7) is 8.16. The van der Waals surface area contributed by atoms with E-state index < -0.39 is 28.9 Å². The van der Waals surface area contributed by atoms with E-state index in [4.69, 9.17) is 4.74 Å². The summed E-state index contributed by atoms with van der Waals surface area (Å²) in [5.74, 6) is -1.07. The van der Waals surface area contributed by atoms with Crippen molar-refractivity contribution in [1.29, 1.82) is 0 Å². The van der Waals surface area contributed by atoms with Gasteiger partial charge in [-0.2, -0.15) is 0 Å². The average molecular weight is 490 g/mol. The SMILES string of the molecule is CC(=O)S[C@@H](Cc1ccccc1)C(=O)N[C@@H]1CCCN2CCC[C@@H](C(=O)OC(C)(C)C)N2C1=O. The third-order valence-corrected chi connectivity index (χ3v) is 6.78. The van der Waals surface area contributed by atoms with Crippen LogP contribution < -0.4 is 5.32 Å². The number of esters is 1. The summed E-state index contributed by atoms with van der Waals surface area (Å²) in [6.07, 6.45) is 2.88. The molecule has 1 N–H and O–H groups in total. The van der Waals surface area contributed by atoms with Gasteiger partial charge in [0.05, 0.1) is 5.25 Å². The molecular formula is C25H35N3O5S. The quantitative estimate of drug-likeness (QED) is 0.614. The number of hydrogen-bond acceptors (Lipinski definition) is 7. The van der Waals surface area contributed by atoms with Crippen LogP contribution in [0.25, 0.3) is 0 Å². The molecule has 0 spiro atoms. The molecule has 0 aliphatic carbocycles. The summed E-state index contributed by atoms with van der Waals surface area (Å²) in [5, 5.41) is 5.52. The number of fused-ring (bicyclic) bond motifs is 1. The minimum Gasteiger partial charge on any atom is -0.458 e. The fourth-order valence-corrected chi connectivity index (χ4v) is 5.22. The molecule has 1 aromatic rings. The van der Waals surface area contributed by atoms with Crippen LogP contribution in [0, 0.1) is 0 Å². The maximum Gasteiger partial charge on any atom is 0.331 e. The van der Waals surface area contributed by atoms with Crippen molar-refractivity contribution in [3.05, 3.63) is 35.9 Å². The Morgan fingerprint density at radius 3 is 2.38 bits per heavy atom. The van der Waals surface area contributed by atoms with Crippen molar-refractivity contribution >= 4 is 34.7 Å². The van der Waals surface area contributed by atoms with E-state index >= 15 is 0 Å². The zero-order valence-electron chi connectivity index (χ0n) is 20.4. The first kappa shape index (κ1) is 26.2. The zero-order chi connectivity index (χ0) is 24.9. The fourth-order valence-electron chi connectivity index (χ4n) is 4.37. The van der Waals surface area contributed by atoms with Gasteiger partial charge < -0.3 is 10.1 Å². The van der Waals surface area contributed by atoms with E-state index in [2.05, 4.69) is 5.32 Å². The number of hydrogen-bond donors (Lipinski definition) is 1. The molecule has 2 saturated heterocycles. The van der Waals surface area contributed by atoms with Crippen molar-refractivity contribution in [2.45, 2.75) is 82.7 Å². The van der Waals surface area contributed by atoms with Gasteiger partial charge in [-0.3, -0.25) is 19.4 Å². The second-order valence-corrected chi connectivity index (χ2v) is 11.2. The minimum absolute atomic E-state index is 0.157. The molecule has 2 amide bonds. The molecule has 3 rings (SSSR count). The van der Waals surface area contributed by atoms with E-state index in [0.717, 1.165) is 23.7 Å². The van der Waals surface area contributed by atoms with E-state index in [9.17, 15) is 19.2 Å². The first-order valence-electron chi connectivity index (χ1n) is 11.9. The van der Waals surface area contributed by atoms with E-state index in [0.29, 0.717) is 38.8 Å². The van der Waals surface area contributed by atoms with Gasteiger partial charge in [-0.25, -0.2) is 9.80 Å². The Morgan fingerprint density at radius 1 is 1.12 bits per heavy atom. The summed E-state index contributed by atoms with van der Waals surface area (Å²) < 4.78 is 5.59. The molecule has 0 aromatic heterocycles. The van der Waals surface area contributed by atoms with Crippen molar-refractivity contribution < 1.29 is 23.9 Å². The van der Waals surface area contributed by atoms with Crippen molar-refractivity contribution in [3.63, 3.8) is 0 Å². The van der Waals surface area contributed by atoms with Crippen molar-refractivity contribution in [3.8, 4) is 0 Å². The fraction of sp³-hybridized carbons (Fsp3) is 0.600. The molecule has 2 aliphatic heterocycles. The highest BCUT2D eigenvalue weighted by Crippen LogP contribution is 2.26. The molecule has 2 fully saturated rings. The molecule has 0 unspecified atom stereocenters. The summed E-state index contributed by atoms with van der Waals surface area (Å²) >= 11 is 0.972. The third kappa shape index (κ3) is 7.06. The van der Waals surface area contributed by atoms with E-state index in [1.54, 1.807) is 20.8 Å². The Balaban J connectivity index is 1.76. The standard InChI is InChI=1S/C25H35N3O5S/c1-17(29)34-21(16-18-10-6-5-7-11-18)22(30)26-19-12-8-14-27-15-9-13-20(28(27)23(19)31)24(32)33-25(2,3)4/h5-7,10-11,19-21H,8-9,12-16H2,1-4H3,(H,26,30)/t19-,20+,21+/m1/s1. The lowest BCUT2D eigenvalue weighted by molar-refractivity contribution is -0.184. The van der Waals surface area contributed by atoms with Crippen LogP contribution in [-0.4, -0.2) is 68.9 Å². The first-order chi connectivity index (χ1) is 16.0. The minimum atomic E-state index is -0.758. The topological polar surface area (TPSA) is 96.0 Å². The predicted molar refractivity (Wildman–Crippen MR) is 131 cm³/mol. The monoisotopic (exact) mass is 489 g/mol.